The van der Waals surface area contributed by atoms with Crippen LogP contribution in [0.3, 0.4) is 0 Å². The molecule has 0 saturated heterocycles. The van der Waals surface area contributed by atoms with Crippen molar-refractivity contribution in [3.05, 3.63) is 76.3 Å². The first-order valence-corrected chi connectivity index (χ1v) is 10.2. The molecule has 4 rings (SSSR count). The Bertz CT molecular complexity index is 1520. The van der Waals surface area contributed by atoms with Crippen LogP contribution in [-0.4, -0.2) is 25.4 Å². The molecule has 0 aliphatic carbocycles. The Morgan fingerprint density at radius 1 is 1.29 bits per heavy atom. The lowest BCUT2D eigenvalue weighted by atomic mass is 10.0. The number of nitrogens with two attached hydrogens (primary N) is 1. The summed E-state index contributed by atoms with van der Waals surface area (Å²) < 4.78 is 63.6. The molecule has 4 aromatic rings. The van der Waals surface area contributed by atoms with Crippen LogP contribution >= 0.6 is 11.6 Å². The van der Waals surface area contributed by atoms with Gasteiger partial charge in [0.1, 0.15) is 28.0 Å². The summed E-state index contributed by atoms with van der Waals surface area (Å²) in [5, 5.41) is 12.8. The normalized spacial score (nSPS) is 14.4. The lowest BCUT2D eigenvalue weighted by Crippen LogP contribution is -2.21. The Kier molecular flexibility index (Phi) is 5.02. The third kappa shape index (κ3) is 4.29. The monoisotopic (exact) mass is 492 g/mol. The minimum Gasteiger partial charge on any atom is -0.382 e. The molecular formula is C23H19ClF3N5O2. The fraction of sp³-hybridized carbons (Fsp3) is 0.174. The summed E-state index contributed by atoms with van der Waals surface area (Å²) in [5.74, 6) is -1.25. The fourth-order valence-corrected chi connectivity index (χ4v) is 3.76. The summed E-state index contributed by atoms with van der Waals surface area (Å²) in [6, 6.07) is 8.39. The van der Waals surface area contributed by atoms with Gasteiger partial charge in [0, 0.05) is 15.4 Å². The Hall–Kier alpha value is -3.63. The Labute approximate surface area is 201 Å². The first kappa shape index (κ1) is 19.8. The van der Waals surface area contributed by atoms with Gasteiger partial charge in [-0.2, -0.15) is 13.2 Å². The van der Waals surface area contributed by atoms with Crippen LogP contribution in [-0.2, 0) is 11.0 Å². The van der Waals surface area contributed by atoms with Gasteiger partial charge in [-0.05, 0) is 49.2 Å². The SMILES string of the molecule is [2H]C([2H])([2H])c1nc(-c2ccc(NC(=O)[C@@H](O)c3cccc(C(F)(F)F)c3)cc2C)c2c(N)ncc(Cl)n12. The van der Waals surface area contributed by atoms with Gasteiger partial charge < -0.3 is 16.2 Å². The highest BCUT2D eigenvalue weighted by molar-refractivity contribution is 6.29. The number of imidazole rings is 1. The van der Waals surface area contributed by atoms with E-state index in [1.807, 2.05) is 0 Å². The molecule has 0 unspecified atom stereocenters. The molecule has 0 fully saturated rings. The highest BCUT2D eigenvalue weighted by Crippen LogP contribution is 2.34. The molecule has 0 aliphatic rings. The predicted octanol–water partition coefficient (Wildman–Crippen LogP) is 4.94. The number of rotatable bonds is 4. The number of anilines is 2. The van der Waals surface area contributed by atoms with Crippen molar-refractivity contribution < 1.29 is 27.2 Å². The fourth-order valence-electron chi connectivity index (χ4n) is 3.55. The van der Waals surface area contributed by atoms with Gasteiger partial charge >= 0.3 is 6.18 Å². The van der Waals surface area contributed by atoms with Crippen LogP contribution < -0.4 is 11.1 Å². The molecule has 176 valence electrons. The third-order valence-corrected chi connectivity index (χ3v) is 5.44. The number of benzene rings is 2. The number of aryl methyl sites for hydroxylation is 2. The Balaban J connectivity index is 1.67. The highest BCUT2D eigenvalue weighted by Gasteiger charge is 2.31. The van der Waals surface area contributed by atoms with E-state index in [2.05, 4.69) is 15.3 Å². The number of hydrogen-bond acceptors (Lipinski definition) is 5. The Morgan fingerprint density at radius 2 is 2.06 bits per heavy atom. The minimum atomic E-state index is -4.63. The maximum atomic E-state index is 13.0. The molecule has 0 spiro atoms. The molecule has 4 N–H and O–H groups in total. The third-order valence-electron chi connectivity index (χ3n) is 5.17. The number of nitrogen functional groups attached to an aromatic ring is 1. The first-order chi connectivity index (χ1) is 17.2. The molecule has 34 heavy (non-hydrogen) atoms. The second-order valence-corrected chi connectivity index (χ2v) is 7.87. The van der Waals surface area contributed by atoms with E-state index in [0.29, 0.717) is 17.2 Å². The van der Waals surface area contributed by atoms with Crippen molar-refractivity contribution >= 4 is 34.5 Å². The highest BCUT2D eigenvalue weighted by atomic mass is 35.5. The van der Waals surface area contributed by atoms with Crippen LogP contribution in [0.1, 0.15) is 32.7 Å². The van der Waals surface area contributed by atoms with E-state index >= 15 is 0 Å². The number of carbonyl (C=O) groups is 1. The largest absolute Gasteiger partial charge is 0.416 e. The number of halogens is 4. The van der Waals surface area contributed by atoms with Crippen molar-refractivity contribution in [3.8, 4) is 11.3 Å². The summed E-state index contributed by atoms with van der Waals surface area (Å²) in [4.78, 5) is 20.8. The van der Waals surface area contributed by atoms with Crippen molar-refractivity contribution in [2.45, 2.75) is 26.1 Å². The lowest BCUT2D eigenvalue weighted by molar-refractivity contribution is -0.138. The number of aliphatic hydroxyl groups excluding tert-OH is 1. The van der Waals surface area contributed by atoms with Crippen molar-refractivity contribution in [3.63, 3.8) is 0 Å². The van der Waals surface area contributed by atoms with Gasteiger partial charge in [-0.1, -0.05) is 29.8 Å². The van der Waals surface area contributed by atoms with E-state index in [4.69, 9.17) is 21.4 Å². The van der Waals surface area contributed by atoms with Gasteiger partial charge in [0.05, 0.1) is 11.8 Å². The van der Waals surface area contributed by atoms with E-state index < -0.39 is 30.6 Å². The maximum absolute atomic E-state index is 13.0. The zero-order valence-corrected chi connectivity index (χ0v) is 18.2. The minimum absolute atomic E-state index is 0.000748. The molecule has 0 aliphatic heterocycles. The van der Waals surface area contributed by atoms with Crippen LogP contribution in [0.2, 0.25) is 5.15 Å². The second kappa shape index (κ2) is 8.62. The molecular weight excluding hydrogens is 471 g/mol. The van der Waals surface area contributed by atoms with Gasteiger partial charge in [0.2, 0.25) is 0 Å². The number of hydrogen-bond donors (Lipinski definition) is 3. The molecule has 2 aromatic carbocycles. The molecule has 1 amide bonds. The molecule has 0 radical (unpaired) electrons. The number of carbonyl (C=O) groups excluding carboxylic acids is 1. The van der Waals surface area contributed by atoms with E-state index in [1.54, 1.807) is 13.0 Å². The van der Waals surface area contributed by atoms with E-state index in [9.17, 15) is 23.1 Å². The summed E-state index contributed by atoms with van der Waals surface area (Å²) >= 11 is 6.20. The van der Waals surface area contributed by atoms with Crippen molar-refractivity contribution in [1.29, 1.82) is 0 Å². The van der Waals surface area contributed by atoms with E-state index in [0.717, 1.165) is 12.1 Å². The second-order valence-electron chi connectivity index (χ2n) is 7.48. The van der Waals surface area contributed by atoms with Crippen molar-refractivity contribution in [1.82, 2.24) is 14.4 Å². The average Bonchev–Trinajstić information content (AvgIpc) is 3.23. The quantitative estimate of drug-likeness (QED) is 0.374. The summed E-state index contributed by atoms with van der Waals surface area (Å²) in [5.41, 5.74) is 6.46. The number of alkyl halides is 3. The van der Waals surface area contributed by atoms with Crippen LogP contribution in [0, 0.1) is 13.8 Å². The molecule has 7 nitrogen and oxygen atoms in total. The van der Waals surface area contributed by atoms with Crippen molar-refractivity contribution in [2.75, 3.05) is 11.1 Å². The molecule has 1 atom stereocenters. The van der Waals surface area contributed by atoms with Gasteiger partial charge in [0.15, 0.2) is 6.10 Å². The molecule has 0 bridgehead atoms. The van der Waals surface area contributed by atoms with Crippen LogP contribution in [0.15, 0.2) is 48.7 Å². The van der Waals surface area contributed by atoms with Gasteiger partial charge in [-0.25, -0.2) is 9.97 Å². The van der Waals surface area contributed by atoms with Gasteiger partial charge in [-0.15, -0.1) is 0 Å². The van der Waals surface area contributed by atoms with E-state index in [1.165, 1.54) is 28.8 Å². The molecule has 0 saturated carbocycles. The smallest absolute Gasteiger partial charge is 0.382 e. The predicted molar refractivity (Wildman–Crippen MR) is 122 cm³/mol. The number of aliphatic hydroxyl groups is 1. The zero-order chi connectivity index (χ0) is 27.3. The number of nitrogens with one attached hydrogen (secondary N) is 1. The molecule has 2 heterocycles. The topological polar surface area (TPSA) is 106 Å². The summed E-state index contributed by atoms with van der Waals surface area (Å²) in [6.07, 6.45) is -5.26. The van der Waals surface area contributed by atoms with Crippen LogP contribution in [0.25, 0.3) is 16.8 Å². The standard InChI is InChI=1S/C23H19ClF3N5O2/c1-11-8-15(31-22(34)20(33)13-4-3-5-14(9-13)23(25,26)27)6-7-16(11)18-19-21(28)29-10-17(24)32(19)12(2)30-18/h3-10,20,33H,1-2H3,(H2,28,29)(H,31,34)/t20-/m0/s1/i2D3. The Morgan fingerprint density at radius 3 is 2.74 bits per heavy atom. The van der Waals surface area contributed by atoms with Crippen LogP contribution in [0.5, 0.6) is 0 Å². The maximum Gasteiger partial charge on any atom is 0.416 e. The van der Waals surface area contributed by atoms with Gasteiger partial charge in [0.25, 0.3) is 5.91 Å². The first-order valence-electron chi connectivity index (χ1n) is 11.3. The molecule has 11 heteroatoms. The van der Waals surface area contributed by atoms with Crippen molar-refractivity contribution in [2.24, 2.45) is 0 Å². The van der Waals surface area contributed by atoms with Crippen LogP contribution in [0.4, 0.5) is 24.7 Å². The zero-order valence-electron chi connectivity index (χ0n) is 20.5. The van der Waals surface area contributed by atoms with Gasteiger partial charge in [-0.3, -0.25) is 9.20 Å². The summed E-state index contributed by atoms with van der Waals surface area (Å²) in [6.45, 7) is -0.942. The lowest BCUT2D eigenvalue weighted by Gasteiger charge is -2.15. The number of amides is 1. The number of nitrogens with zero attached hydrogens (tertiary/aromatic N) is 3. The number of fused-ring (bicyclic) bond motifs is 1. The average molecular weight is 493 g/mol. The number of aromatic nitrogens is 3. The summed E-state index contributed by atoms with van der Waals surface area (Å²) in [7, 11) is 0. The van der Waals surface area contributed by atoms with E-state index in [-0.39, 0.29) is 39.3 Å². The molecule has 2 aromatic heterocycles.